The molecule has 0 atom stereocenters. The van der Waals surface area contributed by atoms with Crippen LogP contribution in [0.3, 0.4) is 0 Å². The van der Waals surface area contributed by atoms with E-state index in [2.05, 4.69) is 10.3 Å². The summed E-state index contributed by atoms with van der Waals surface area (Å²) < 4.78 is 1.24. The van der Waals surface area contributed by atoms with Crippen molar-refractivity contribution in [2.24, 2.45) is 7.05 Å². The minimum absolute atomic E-state index is 0.0818. The second kappa shape index (κ2) is 8.73. The fourth-order valence-electron chi connectivity index (χ4n) is 3.08. The van der Waals surface area contributed by atoms with Gasteiger partial charge in [0.25, 0.3) is 11.5 Å². The maximum absolute atomic E-state index is 12.5. The average molecular weight is 405 g/mol. The van der Waals surface area contributed by atoms with Crippen LogP contribution in [0.25, 0.3) is 0 Å². The summed E-state index contributed by atoms with van der Waals surface area (Å²) in [7, 11) is 1.50. The van der Waals surface area contributed by atoms with Gasteiger partial charge in [0.1, 0.15) is 5.82 Å². The highest BCUT2D eigenvalue weighted by atomic mass is 16.3. The Labute approximate surface area is 174 Å². The highest BCUT2D eigenvalue weighted by molar-refractivity contribution is 6.08. The molecule has 0 aliphatic heterocycles. The number of amides is 1. The number of hydrogen-bond donors (Lipinski definition) is 2. The Morgan fingerprint density at radius 3 is 2.23 bits per heavy atom. The van der Waals surface area contributed by atoms with Gasteiger partial charge < -0.3 is 10.4 Å². The van der Waals surface area contributed by atoms with Gasteiger partial charge in [0.15, 0.2) is 11.5 Å². The lowest BCUT2D eigenvalue weighted by atomic mass is 10.0. The molecule has 1 amide bonds. The second-order valence-electron chi connectivity index (χ2n) is 7.26. The number of aromatic nitrogens is 2. The Hall–Kier alpha value is -3.74. The highest BCUT2D eigenvalue weighted by Gasteiger charge is 2.21. The standard InChI is InChI=1S/C23H23N3O4/c1-14(2)21-25-18(20(28)23(30)26(21)3)22(29)24-13-15-9-11-17(12-10-15)19(27)16-7-5-4-6-8-16/h4-12,14,28H,13H2,1-3H3,(H,24,29). The molecule has 30 heavy (non-hydrogen) atoms. The van der Waals surface area contributed by atoms with Crippen molar-refractivity contribution in [2.45, 2.75) is 26.3 Å². The molecule has 2 aromatic carbocycles. The number of nitrogens with one attached hydrogen (secondary N) is 1. The van der Waals surface area contributed by atoms with Crippen molar-refractivity contribution >= 4 is 11.7 Å². The van der Waals surface area contributed by atoms with Crippen molar-refractivity contribution in [3.05, 3.63) is 93.2 Å². The van der Waals surface area contributed by atoms with Crippen molar-refractivity contribution in [2.75, 3.05) is 0 Å². The third-order valence-electron chi connectivity index (χ3n) is 4.74. The number of ketones is 1. The molecule has 7 nitrogen and oxygen atoms in total. The molecule has 1 heterocycles. The Balaban J connectivity index is 1.73. The van der Waals surface area contributed by atoms with Gasteiger partial charge in [-0.05, 0) is 5.56 Å². The first-order valence-corrected chi connectivity index (χ1v) is 9.56. The zero-order valence-corrected chi connectivity index (χ0v) is 17.0. The van der Waals surface area contributed by atoms with Gasteiger partial charge in [-0.2, -0.15) is 0 Å². The molecular formula is C23H23N3O4. The maximum Gasteiger partial charge on any atom is 0.296 e. The summed E-state index contributed by atoms with van der Waals surface area (Å²) in [4.78, 5) is 41.3. The minimum atomic E-state index is -0.678. The van der Waals surface area contributed by atoms with Crippen molar-refractivity contribution < 1.29 is 14.7 Å². The molecule has 0 spiro atoms. The summed E-state index contributed by atoms with van der Waals surface area (Å²) in [5.74, 6) is -1.09. The average Bonchev–Trinajstić information content (AvgIpc) is 2.76. The Bertz CT molecular complexity index is 1130. The zero-order valence-electron chi connectivity index (χ0n) is 17.0. The predicted octanol–water partition coefficient (Wildman–Crippen LogP) is 2.77. The van der Waals surface area contributed by atoms with Crippen molar-refractivity contribution in [3.63, 3.8) is 0 Å². The van der Waals surface area contributed by atoms with Crippen LogP contribution in [0.1, 0.15) is 57.6 Å². The summed E-state index contributed by atoms with van der Waals surface area (Å²) in [6.45, 7) is 3.85. The van der Waals surface area contributed by atoms with E-state index in [1.54, 1.807) is 36.4 Å². The normalized spacial score (nSPS) is 10.8. The van der Waals surface area contributed by atoms with Crippen molar-refractivity contribution in [1.82, 2.24) is 14.9 Å². The van der Waals surface area contributed by atoms with Crippen LogP contribution in [0.15, 0.2) is 59.4 Å². The van der Waals surface area contributed by atoms with E-state index in [-0.39, 0.29) is 23.9 Å². The molecule has 3 rings (SSSR count). The first kappa shape index (κ1) is 21.0. The van der Waals surface area contributed by atoms with Gasteiger partial charge >= 0.3 is 0 Å². The molecule has 2 N–H and O–H groups in total. The smallest absolute Gasteiger partial charge is 0.296 e. The van der Waals surface area contributed by atoms with Crippen LogP contribution in [0, 0.1) is 0 Å². The largest absolute Gasteiger partial charge is 0.501 e. The monoisotopic (exact) mass is 405 g/mol. The Morgan fingerprint density at radius 2 is 1.63 bits per heavy atom. The molecule has 0 bridgehead atoms. The lowest BCUT2D eigenvalue weighted by Gasteiger charge is -2.13. The number of rotatable bonds is 6. The number of carbonyl (C=O) groups is 2. The van der Waals surface area contributed by atoms with E-state index >= 15 is 0 Å². The molecule has 0 saturated carbocycles. The number of nitrogens with zero attached hydrogens (tertiary/aromatic N) is 2. The van der Waals surface area contributed by atoms with Gasteiger partial charge in [-0.15, -0.1) is 0 Å². The third kappa shape index (κ3) is 4.30. The summed E-state index contributed by atoms with van der Waals surface area (Å²) in [5, 5.41) is 12.7. The van der Waals surface area contributed by atoms with Crippen molar-refractivity contribution in [3.8, 4) is 5.75 Å². The molecule has 0 saturated heterocycles. The van der Waals surface area contributed by atoms with Crippen LogP contribution >= 0.6 is 0 Å². The van der Waals surface area contributed by atoms with Gasteiger partial charge in [0.2, 0.25) is 5.75 Å². The molecule has 0 aliphatic carbocycles. The number of aromatic hydroxyl groups is 1. The van der Waals surface area contributed by atoms with E-state index in [1.807, 2.05) is 32.0 Å². The van der Waals surface area contributed by atoms with Gasteiger partial charge in [-0.1, -0.05) is 68.4 Å². The van der Waals surface area contributed by atoms with Crippen LogP contribution in [0.2, 0.25) is 0 Å². The first-order valence-electron chi connectivity index (χ1n) is 9.56. The molecule has 0 radical (unpaired) electrons. The van der Waals surface area contributed by atoms with Crippen molar-refractivity contribution in [1.29, 1.82) is 0 Å². The van der Waals surface area contributed by atoms with Gasteiger partial charge in [-0.3, -0.25) is 19.0 Å². The molecule has 0 aliphatic rings. The minimum Gasteiger partial charge on any atom is -0.501 e. The number of carbonyl (C=O) groups excluding carboxylic acids is 2. The van der Waals surface area contributed by atoms with Crippen LogP contribution in [-0.2, 0) is 13.6 Å². The quantitative estimate of drug-likeness (QED) is 0.614. The van der Waals surface area contributed by atoms with Gasteiger partial charge in [0.05, 0.1) is 0 Å². The molecule has 7 heteroatoms. The maximum atomic E-state index is 12.5. The number of benzene rings is 2. The fourth-order valence-corrected chi connectivity index (χ4v) is 3.08. The molecule has 0 fully saturated rings. The van der Waals surface area contributed by atoms with E-state index in [1.165, 1.54) is 11.6 Å². The molecule has 154 valence electrons. The van der Waals surface area contributed by atoms with Gasteiger partial charge in [-0.25, -0.2) is 4.98 Å². The van der Waals surface area contributed by atoms with Crippen LogP contribution < -0.4 is 10.9 Å². The SMILES string of the molecule is CC(C)c1nc(C(=O)NCc2ccc(C(=O)c3ccccc3)cc2)c(O)c(=O)n1C. The summed E-state index contributed by atoms with van der Waals surface area (Å²) in [6, 6.07) is 15.9. The fraction of sp³-hybridized carbons (Fsp3) is 0.217. The number of hydrogen-bond acceptors (Lipinski definition) is 5. The topological polar surface area (TPSA) is 101 Å². The van der Waals surface area contributed by atoms with E-state index in [0.29, 0.717) is 17.0 Å². The Kier molecular flexibility index (Phi) is 6.11. The van der Waals surface area contributed by atoms with E-state index in [0.717, 1.165) is 5.56 Å². The third-order valence-corrected chi connectivity index (χ3v) is 4.74. The summed E-state index contributed by atoms with van der Waals surface area (Å²) >= 11 is 0. The van der Waals surface area contributed by atoms with E-state index in [9.17, 15) is 19.5 Å². The lowest BCUT2D eigenvalue weighted by Crippen LogP contribution is -2.30. The van der Waals surface area contributed by atoms with Crippen LogP contribution in [0.4, 0.5) is 0 Å². The molecule has 3 aromatic rings. The van der Waals surface area contributed by atoms with Crippen LogP contribution in [-0.4, -0.2) is 26.3 Å². The van der Waals surface area contributed by atoms with E-state index < -0.39 is 17.2 Å². The van der Waals surface area contributed by atoms with E-state index in [4.69, 9.17) is 0 Å². The summed E-state index contributed by atoms with van der Waals surface area (Å²) in [5.41, 5.74) is 0.955. The molecule has 0 unspecified atom stereocenters. The predicted molar refractivity (Wildman–Crippen MR) is 113 cm³/mol. The van der Waals surface area contributed by atoms with Crippen LogP contribution in [0.5, 0.6) is 5.75 Å². The molecule has 1 aromatic heterocycles. The lowest BCUT2D eigenvalue weighted by molar-refractivity contribution is 0.0941. The first-order chi connectivity index (χ1) is 14.3. The Morgan fingerprint density at radius 1 is 1.03 bits per heavy atom. The summed E-state index contributed by atoms with van der Waals surface area (Å²) in [6.07, 6.45) is 0. The highest BCUT2D eigenvalue weighted by Crippen LogP contribution is 2.16. The second-order valence-corrected chi connectivity index (χ2v) is 7.26. The van der Waals surface area contributed by atoms with Gasteiger partial charge in [0, 0.05) is 30.6 Å². The molecular weight excluding hydrogens is 382 g/mol. The zero-order chi connectivity index (χ0) is 21.8.